The van der Waals surface area contributed by atoms with E-state index in [0.29, 0.717) is 18.7 Å². The SMILES string of the molecule is N#Cc1ccc(C(O)CN2CCOC(c3ccsc3)C2)cc1. The molecule has 1 saturated heterocycles. The van der Waals surface area contributed by atoms with Gasteiger partial charge in [0.05, 0.1) is 30.4 Å². The largest absolute Gasteiger partial charge is 0.387 e. The molecule has 114 valence electrons. The van der Waals surface area contributed by atoms with Crippen LogP contribution in [0.15, 0.2) is 41.1 Å². The van der Waals surface area contributed by atoms with Crippen molar-refractivity contribution in [2.45, 2.75) is 12.2 Å². The van der Waals surface area contributed by atoms with Crippen molar-refractivity contribution in [3.05, 3.63) is 57.8 Å². The number of nitrogens with zero attached hydrogens (tertiary/aromatic N) is 2. The zero-order valence-electron chi connectivity index (χ0n) is 12.2. The fourth-order valence-corrected chi connectivity index (χ4v) is 3.36. The molecule has 0 radical (unpaired) electrons. The van der Waals surface area contributed by atoms with Crippen LogP contribution in [0, 0.1) is 11.3 Å². The van der Waals surface area contributed by atoms with Gasteiger partial charge in [0.1, 0.15) is 0 Å². The highest BCUT2D eigenvalue weighted by molar-refractivity contribution is 7.07. The van der Waals surface area contributed by atoms with Gasteiger partial charge in [-0.2, -0.15) is 16.6 Å². The molecular formula is C17H18N2O2S. The van der Waals surface area contributed by atoms with E-state index in [9.17, 15) is 5.11 Å². The van der Waals surface area contributed by atoms with Crippen LogP contribution in [0.4, 0.5) is 0 Å². The van der Waals surface area contributed by atoms with Crippen LogP contribution in [0.5, 0.6) is 0 Å². The number of thiophene rings is 1. The Kier molecular flexibility index (Phi) is 4.86. The lowest BCUT2D eigenvalue weighted by Crippen LogP contribution is -2.40. The second-order valence-corrected chi connectivity index (χ2v) is 6.21. The van der Waals surface area contributed by atoms with Crippen molar-refractivity contribution in [2.75, 3.05) is 26.2 Å². The minimum atomic E-state index is -0.547. The molecule has 3 rings (SSSR count). The van der Waals surface area contributed by atoms with E-state index in [-0.39, 0.29) is 6.10 Å². The van der Waals surface area contributed by atoms with Gasteiger partial charge in [0.25, 0.3) is 0 Å². The fraction of sp³-hybridized carbons (Fsp3) is 0.353. The summed E-state index contributed by atoms with van der Waals surface area (Å²) in [4.78, 5) is 2.23. The first kappa shape index (κ1) is 15.2. The van der Waals surface area contributed by atoms with Crippen molar-refractivity contribution in [2.24, 2.45) is 0 Å². The molecule has 4 nitrogen and oxygen atoms in total. The lowest BCUT2D eigenvalue weighted by Gasteiger charge is -2.34. The van der Waals surface area contributed by atoms with Crippen LogP contribution < -0.4 is 0 Å². The van der Waals surface area contributed by atoms with E-state index in [1.165, 1.54) is 5.56 Å². The molecule has 0 saturated carbocycles. The summed E-state index contributed by atoms with van der Waals surface area (Å²) in [6, 6.07) is 11.3. The van der Waals surface area contributed by atoms with Crippen LogP contribution in [0.2, 0.25) is 0 Å². The monoisotopic (exact) mass is 314 g/mol. The number of nitriles is 1. The smallest absolute Gasteiger partial charge is 0.0991 e. The number of ether oxygens (including phenoxy) is 1. The number of benzene rings is 1. The number of rotatable bonds is 4. The van der Waals surface area contributed by atoms with Gasteiger partial charge in [-0.05, 0) is 40.1 Å². The Hall–Kier alpha value is -1.71. The van der Waals surface area contributed by atoms with Gasteiger partial charge >= 0.3 is 0 Å². The highest BCUT2D eigenvalue weighted by Crippen LogP contribution is 2.25. The van der Waals surface area contributed by atoms with Crippen molar-refractivity contribution in [1.29, 1.82) is 5.26 Å². The standard InChI is InChI=1S/C17H18N2O2S/c18-9-13-1-3-14(4-2-13)16(20)10-19-6-7-21-17(11-19)15-5-8-22-12-15/h1-5,8,12,16-17,20H,6-7,10-11H2. The molecule has 2 heterocycles. The first-order chi connectivity index (χ1) is 10.8. The Morgan fingerprint density at radius 1 is 1.36 bits per heavy atom. The Bertz CT molecular complexity index is 634. The molecule has 1 aliphatic heterocycles. The van der Waals surface area contributed by atoms with E-state index in [0.717, 1.165) is 18.7 Å². The second-order valence-electron chi connectivity index (χ2n) is 5.43. The van der Waals surface area contributed by atoms with Crippen molar-refractivity contribution in [3.63, 3.8) is 0 Å². The van der Waals surface area contributed by atoms with Crippen LogP contribution in [0.1, 0.15) is 28.9 Å². The number of morpholine rings is 1. The molecule has 1 N–H and O–H groups in total. The summed E-state index contributed by atoms with van der Waals surface area (Å²) in [5, 5.41) is 23.4. The summed E-state index contributed by atoms with van der Waals surface area (Å²) in [7, 11) is 0. The summed E-state index contributed by atoms with van der Waals surface area (Å²) in [6.07, 6.45) is -0.456. The topological polar surface area (TPSA) is 56.5 Å². The summed E-state index contributed by atoms with van der Waals surface area (Å²) in [6.45, 7) is 2.88. The highest BCUT2D eigenvalue weighted by Gasteiger charge is 2.24. The van der Waals surface area contributed by atoms with Crippen molar-refractivity contribution >= 4 is 11.3 Å². The van der Waals surface area contributed by atoms with E-state index in [1.54, 1.807) is 23.5 Å². The summed E-state index contributed by atoms with van der Waals surface area (Å²) in [5.74, 6) is 0. The number of aliphatic hydroxyl groups is 1. The predicted octanol–water partition coefficient (Wildman–Crippen LogP) is 2.73. The van der Waals surface area contributed by atoms with Gasteiger partial charge in [0, 0.05) is 19.6 Å². The van der Waals surface area contributed by atoms with Gasteiger partial charge in [-0.25, -0.2) is 0 Å². The zero-order chi connectivity index (χ0) is 15.4. The molecular weight excluding hydrogens is 296 g/mol. The molecule has 1 aliphatic rings. The maximum absolute atomic E-state index is 10.4. The molecule has 0 spiro atoms. The quantitative estimate of drug-likeness (QED) is 0.943. The molecule has 5 heteroatoms. The Morgan fingerprint density at radius 2 is 2.18 bits per heavy atom. The second kappa shape index (κ2) is 7.03. The zero-order valence-corrected chi connectivity index (χ0v) is 13.0. The van der Waals surface area contributed by atoms with E-state index in [2.05, 4.69) is 27.8 Å². The Balaban J connectivity index is 1.61. The van der Waals surface area contributed by atoms with Gasteiger partial charge in [0.15, 0.2) is 0 Å². The van der Waals surface area contributed by atoms with Crippen molar-refractivity contribution < 1.29 is 9.84 Å². The minimum Gasteiger partial charge on any atom is -0.387 e. The van der Waals surface area contributed by atoms with Crippen molar-refractivity contribution in [3.8, 4) is 6.07 Å². The van der Waals surface area contributed by atoms with Crippen LogP contribution >= 0.6 is 11.3 Å². The first-order valence-corrected chi connectivity index (χ1v) is 8.24. The minimum absolute atomic E-state index is 0.0909. The molecule has 0 amide bonds. The molecule has 1 aromatic carbocycles. The Labute approximate surface area is 134 Å². The average molecular weight is 314 g/mol. The Morgan fingerprint density at radius 3 is 2.86 bits per heavy atom. The normalized spacial score (nSPS) is 20.5. The van der Waals surface area contributed by atoms with Gasteiger partial charge in [0.2, 0.25) is 0 Å². The van der Waals surface area contributed by atoms with Gasteiger partial charge in [-0.1, -0.05) is 12.1 Å². The molecule has 1 aromatic heterocycles. The molecule has 22 heavy (non-hydrogen) atoms. The van der Waals surface area contributed by atoms with Gasteiger partial charge in [-0.3, -0.25) is 4.90 Å². The molecule has 0 aliphatic carbocycles. The molecule has 2 atom stereocenters. The fourth-order valence-electron chi connectivity index (χ4n) is 2.66. The third kappa shape index (κ3) is 3.54. The lowest BCUT2D eigenvalue weighted by molar-refractivity contribution is -0.0422. The van der Waals surface area contributed by atoms with Crippen LogP contribution in [-0.4, -0.2) is 36.2 Å². The summed E-state index contributed by atoms with van der Waals surface area (Å²) >= 11 is 1.67. The number of aliphatic hydroxyl groups excluding tert-OH is 1. The third-order valence-electron chi connectivity index (χ3n) is 3.92. The number of hydrogen-bond acceptors (Lipinski definition) is 5. The first-order valence-electron chi connectivity index (χ1n) is 7.30. The van der Waals surface area contributed by atoms with E-state index in [4.69, 9.17) is 10.00 Å². The maximum Gasteiger partial charge on any atom is 0.0991 e. The van der Waals surface area contributed by atoms with Gasteiger partial charge < -0.3 is 9.84 Å². The van der Waals surface area contributed by atoms with Crippen LogP contribution in [-0.2, 0) is 4.74 Å². The predicted molar refractivity (Wildman–Crippen MR) is 85.6 cm³/mol. The van der Waals surface area contributed by atoms with Crippen LogP contribution in [0.25, 0.3) is 0 Å². The van der Waals surface area contributed by atoms with Gasteiger partial charge in [-0.15, -0.1) is 0 Å². The molecule has 0 bridgehead atoms. The van der Waals surface area contributed by atoms with Crippen LogP contribution in [0.3, 0.4) is 0 Å². The average Bonchev–Trinajstić information content (AvgIpc) is 3.10. The number of hydrogen-bond donors (Lipinski definition) is 1. The summed E-state index contributed by atoms with van der Waals surface area (Å²) in [5.41, 5.74) is 2.67. The third-order valence-corrected chi connectivity index (χ3v) is 4.62. The van der Waals surface area contributed by atoms with Crippen molar-refractivity contribution in [1.82, 2.24) is 4.90 Å². The van der Waals surface area contributed by atoms with E-state index >= 15 is 0 Å². The maximum atomic E-state index is 10.4. The molecule has 2 unspecified atom stereocenters. The molecule has 1 fully saturated rings. The highest BCUT2D eigenvalue weighted by atomic mass is 32.1. The number of β-amino-alcohol motifs (C(OH)–C–C–N with tert-alkyl or cyclic N) is 1. The molecule has 2 aromatic rings. The lowest BCUT2D eigenvalue weighted by atomic mass is 10.1. The van der Waals surface area contributed by atoms with E-state index in [1.807, 2.05) is 12.1 Å². The van der Waals surface area contributed by atoms with E-state index < -0.39 is 6.10 Å². The summed E-state index contributed by atoms with van der Waals surface area (Å²) < 4.78 is 5.82.